The summed E-state index contributed by atoms with van der Waals surface area (Å²) in [7, 11) is 1.68. The van der Waals surface area contributed by atoms with E-state index in [1.165, 1.54) is 5.56 Å². The maximum atomic E-state index is 6.04. The van der Waals surface area contributed by atoms with E-state index in [2.05, 4.69) is 26.0 Å². The molecular formula is C13H20ClNO. The van der Waals surface area contributed by atoms with Gasteiger partial charge in [0.1, 0.15) is 5.75 Å². The third-order valence-corrected chi connectivity index (χ3v) is 2.96. The van der Waals surface area contributed by atoms with Crippen molar-refractivity contribution in [3.8, 4) is 5.75 Å². The van der Waals surface area contributed by atoms with Crippen LogP contribution in [0.15, 0.2) is 18.2 Å². The van der Waals surface area contributed by atoms with E-state index < -0.39 is 0 Å². The highest BCUT2D eigenvalue weighted by atomic mass is 35.5. The Bertz CT molecular complexity index is 339. The minimum absolute atomic E-state index is 0.0475. The molecule has 0 aliphatic carbocycles. The van der Waals surface area contributed by atoms with E-state index in [9.17, 15) is 0 Å². The average Bonchev–Trinajstić information content (AvgIpc) is 2.28. The second-order valence-corrected chi connectivity index (χ2v) is 4.62. The molecule has 2 N–H and O–H groups in total. The van der Waals surface area contributed by atoms with E-state index in [1.807, 2.05) is 6.07 Å². The van der Waals surface area contributed by atoms with Crippen LogP contribution in [-0.4, -0.2) is 13.0 Å². The lowest BCUT2D eigenvalue weighted by Gasteiger charge is -2.17. The summed E-state index contributed by atoms with van der Waals surface area (Å²) in [5, 5.41) is 0. The van der Waals surface area contributed by atoms with Crippen LogP contribution in [0.25, 0.3) is 0 Å². The topological polar surface area (TPSA) is 35.2 Å². The fourth-order valence-corrected chi connectivity index (χ4v) is 1.90. The van der Waals surface area contributed by atoms with Crippen molar-refractivity contribution in [3.63, 3.8) is 0 Å². The van der Waals surface area contributed by atoms with Gasteiger partial charge in [0.25, 0.3) is 0 Å². The number of hydrogen-bond acceptors (Lipinski definition) is 2. The number of nitrogens with two attached hydrogens (primary N) is 1. The van der Waals surface area contributed by atoms with Crippen LogP contribution in [0.2, 0.25) is 0 Å². The molecule has 1 unspecified atom stereocenters. The van der Waals surface area contributed by atoms with Crippen LogP contribution < -0.4 is 10.5 Å². The second-order valence-electron chi connectivity index (χ2n) is 4.24. The summed E-state index contributed by atoms with van der Waals surface area (Å²) in [5.41, 5.74) is 8.34. The van der Waals surface area contributed by atoms with Gasteiger partial charge in [-0.1, -0.05) is 26.0 Å². The number of methoxy groups -OCH3 is 1. The lowest BCUT2D eigenvalue weighted by Crippen LogP contribution is -2.12. The van der Waals surface area contributed by atoms with Crippen molar-refractivity contribution in [1.29, 1.82) is 0 Å². The van der Waals surface area contributed by atoms with Gasteiger partial charge in [-0.15, -0.1) is 11.6 Å². The van der Waals surface area contributed by atoms with Gasteiger partial charge < -0.3 is 10.5 Å². The van der Waals surface area contributed by atoms with Gasteiger partial charge in [0.05, 0.1) is 7.11 Å². The van der Waals surface area contributed by atoms with E-state index in [-0.39, 0.29) is 6.04 Å². The summed E-state index contributed by atoms with van der Waals surface area (Å²) in [5.74, 6) is 1.92. The second kappa shape index (κ2) is 6.12. The zero-order valence-electron chi connectivity index (χ0n) is 10.2. The maximum absolute atomic E-state index is 6.04. The SMILES string of the molecule is COc1cc(C(C)C)ccc1C(N)CCCl. The molecule has 0 amide bonds. The average molecular weight is 242 g/mol. The van der Waals surface area contributed by atoms with Gasteiger partial charge in [0.2, 0.25) is 0 Å². The molecule has 0 bridgehead atoms. The molecule has 0 heterocycles. The fourth-order valence-electron chi connectivity index (χ4n) is 1.67. The van der Waals surface area contributed by atoms with Crippen LogP contribution >= 0.6 is 11.6 Å². The molecule has 1 aromatic rings. The van der Waals surface area contributed by atoms with Crippen molar-refractivity contribution in [3.05, 3.63) is 29.3 Å². The minimum Gasteiger partial charge on any atom is -0.496 e. The molecule has 2 nitrogen and oxygen atoms in total. The smallest absolute Gasteiger partial charge is 0.123 e. The monoisotopic (exact) mass is 241 g/mol. The molecule has 0 fully saturated rings. The van der Waals surface area contributed by atoms with Crippen molar-refractivity contribution in [2.75, 3.05) is 13.0 Å². The molecule has 1 atom stereocenters. The highest BCUT2D eigenvalue weighted by molar-refractivity contribution is 6.17. The van der Waals surface area contributed by atoms with Gasteiger partial charge in [-0.3, -0.25) is 0 Å². The lowest BCUT2D eigenvalue weighted by molar-refractivity contribution is 0.404. The number of hydrogen-bond donors (Lipinski definition) is 1. The van der Waals surface area contributed by atoms with Crippen molar-refractivity contribution in [2.45, 2.75) is 32.2 Å². The van der Waals surface area contributed by atoms with E-state index in [4.69, 9.17) is 22.1 Å². The Morgan fingerprint density at radius 1 is 1.38 bits per heavy atom. The van der Waals surface area contributed by atoms with Gasteiger partial charge in [0, 0.05) is 17.5 Å². The fraction of sp³-hybridized carbons (Fsp3) is 0.538. The van der Waals surface area contributed by atoms with Crippen LogP contribution in [0.5, 0.6) is 5.75 Å². The molecule has 1 aromatic carbocycles. The zero-order valence-corrected chi connectivity index (χ0v) is 10.9. The van der Waals surface area contributed by atoms with Crippen molar-refractivity contribution in [1.82, 2.24) is 0 Å². The molecule has 0 aromatic heterocycles. The Balaban J connectivity index is 3.01. The normalized spacial score (nSPS) is 12.9. The van der Waals surface area contributed by atoms with Crippen LogP contribution in [0.4, 0.5) is 0 Å². The Hall–Kier alpha value is -0.730. The third-order valence-electron chi connectivity index (χ3n) is 2.74. The van der Waals surface area contributed by atoms with Crippen LogP contribution in [0.1, 0.15) is 43.4 Å². The molecule has 0 saturated carbocycles. The molecule has 1 rings (SSSR count). The van der Waals surface area contributed by atoms with Gasteiger partial charge >= 0.3 is 0 Å². The number of alkyl halides is 1. The summed E-state index contributed by atoms with van der Waals surface area (Å²) >= 11 is 5.70. The van der Waals surface area contributed by atoms with Gasteiger partial charge in [-0.25, -0.2) is 0 Å². The minimum atomic E-state index is -0.0475. The summed E-state index contributed by atoms with van der Waals surface area (Å²) in [6.07, 6.45) is 0.763. The van der Waals surface area contributed by atoms with Crippen LogP contribution in [0, 0.1) is 0 Å². The molecule has 0 saturated heterocycles. The summed E-state index contributed by atoms with van der Waals surface area (Å²) in [4.78, 5) is 0. The molecule has 3 heteroatoms. The Morgan fingerprint density at radius 2 is 2.06 bits per heavy atom. The standard InChI is InChI=1S/C13H20ClNO/c1-9(2)10-4-5-11(12(15)6-7-14)13(8-10)16-3/h4-5,8-9,12H,6-7,15H2,1-3H3. The van der Waals surface area contributed by atoms with Gasteiger partial charge in [-0.05, 0) is 24.0 Å². The van der Waals surface area contributed by atoms with Crippen LogP contribution in [0.3, 0.4) is 0 Å². The predicted molar refractivity (Wildman–Crippen MR) is 69.3 cm³/mol. The van der Waals surface area contributed by atoms with Crippen molar-refractivity contribution < 1.29 is 4.74 Å². The quantitative estimate of drug-likeness (QED) is 0.802. The maximum Gasteiger partial charge on any atom is 0.123 e. The van der Waals surface area contributed by atoms with Gasteiger partial charge in [-0.2, -0.15) is 0 Å². The Labute approximate surface area is 103 Å². The zero-order chi connectivity index (χ0) is 12.1. The molecule has 0 aliphatic rings. The Kier molecular flexibility index (Phi) is 5.10. The molecule has 0 radical (unpaired) electrons. The van der Waals surface area contributed by atoms with E-state index in [1.54, 1.807) is 7.11 Å². The first-order chi connectivity index (χ1) is 7.60. The first-order valence-electron chi connectivity index (χ1n) is 5.59. The lowest BCUT2D eigenvalue weighted by atomic mass is 9.97. The first kappa shape index (κ1) is 13.3. The van der Waals surface area contributed by atoms with Gasteiger partial charge in [0.15, 0.2) is 0 Å². The number of benzene rings is 1. The molecule has 16 heavy (non-hydrogen) atoms. The largest absolute Gasteiger partial charge is 0.496 e. The van der Waals surface area contributed by atoms with E-state index >= 15 is 0 Å². The molecule has 0 spiro atoms. The Morgan fingerprint density at radius 3 is 2.56 bits per heavy atom. The number of ether oxygens (including phenoxy) is 1. The van der Waals surface area contributed by atoms with E-state index in [0.29, 0.717) is 11.8 Å². The van der Waals surface area contributed by atoms with E-state index in [0.717, 1.165) is 17.7 Å². The molecular weight excluding hydrogens is 222 g/mol. The summed E-state index contributed by atoms with van der Waals surface area (Å²) < 4.78 is 5.38. The molecule has 0 aliphatic heterocycles. The predicted octanol–water partition coefficient (Wildman–Crippen LogP) is 3.45. The first-order valence-corrected chi connectivity index (χ1v) is 6.13. The third kappa shape index (κ3) is 3.13. The van der Waals surface area contributed by atoms with Crippen molar-refractivity contribution >= 4 is 11.6 Å². The highest BCUT2D eigenvalue weighted by Gasteiger charge is 2.12. The highest BCUT2D eigenvalue weighted by Crippen LogP contribution is 2.29. The van der Waals surface area contributed by atoms with Crippen LogP contribution in [-0.2, 0) is 0 Å². The summed E-state index contributed by atoms with van der Waals surface area (Å²) in [6, 6.07) is 6.17. The molecule has 90 valence electrons. The summed E-state index contributed by atoms with van der Waals surface area (Å²) in [6.45, 7) is 4.32. The number of halogens is 1. The number of rotatable bonds is 5. The van der Waals surface area contributed by atoms with Crippen molar-refractivity contribution in [2.24, 2.45) is 5.73 Å².